The van der Waals surface area contributed by atoms with Crippen LogP contribution in [0.5, 0.6) is 0 Å². The van der Waals surface area contributed by atoms with Crippen LogP contribution in [-0.4, -0.2) is 36.5 Å². The van der Waals surface area contributed by atoms with Crippen molar-refractivity contribution in [2.75, 3.05) is 22.7 Å². The Hall–Kier alpha value is -2.79. The maximum atomic E-state index is 16.2. The summed E-state index contributed by atoms with van der Waals surface area (Å²) in [7, 11) is -4.30. The topological polar surface area (TPSA) is 88.1 Å². The van der Waals surface area contributed by atoms with Gasteiger partial charge in [-0.05, 0) is 74.8 Å². The van der Waals surface area contributed by atoms with Gasteiger partial charge in [-0.25, -0.2) is 27.8 Å². The third-order valence-electron chi connectivity index (χ3n) is 7.36. The molecule has 1 aliphatic heterocycles. The van der Waals surface area contributed by atoms with Crippen LogP contribution in [0.4, 0.5) is 15.2 Å². The molecule has 4 aromatic rings. The van der Waals surface area contributed by atoms with Crippen LogP contribution in [-0.2, 0) is 16.4 Å². The summed E-state index contributed by atoms with van der Waals surface area (Å²) in [5, 5.41) is 0.726. The predicted octanol–water partition coefficient (Wildman–Crippen LogP) is 7.77. The zero-order valence-electron chi connectivity index (χ0n) is 22.3. The highest BCUT2D eigenvalue weighted by Gasteiger charge is 2.28. The summed E-state index contributed by atoms with van der Waals surface area (Å²) in [6.07, 6.45) is 8.23. The van der Waals surface area contributed by atoms with Crippen molar-refractivity contribution in [2.24, 2.45) is 5.92 Å². The summed E-state index contributed by atoms with van der Waals surface area (Å²) in [4.78, 5) is 16.8. The Morgan fingerprint density at radius 3 is 2.61 bits per heavy atom. The van der Waals surface area contributed by atoms with Crippen molar-refractivity contribution in [3.63, 3.8) is 0 Å². The molecular weight excluding hydrogens is 604 g/mol. The molecule has 0 radical (unpaired) electrons. The molecule has 0 atom stereocenters. The number of hydrogen-bond donors (Lipinski definition) is 1. The van der Waals surface area contributed by atoms with Gasteiger partial charge in [0.15, 0.2) is 10.9 Å². The van der Waals surface area contributed by atoms with E-state index in [0.29, 0.717) is 27.7 Å². The van der Waals surface area contributed by atoms with Gasteiger partial charge >= 0.3 is 0 Å². The van der Waals surface area contributed by atoms with Gasteiger partial charge in [0.2, 0.25) is 0 Å². The Morgan fingerprint density at radius 2 is 1.85 bits per heavy atom. The first-order chi connectivity index (χ1) is 19.7. The van der Waals surface area contributed by atoms with Crippen LogP contribution in [0.1, 0.15) is 43.5 Å². The average Bonchev–Trinajstić information content (AvgIpc) is 3.66. The van der Waals surface area contributed by atoms with E-state index in [1.807, 2.05) is 6.07 Å². The maximum Gasteiger partial charge on any atom is 0.264 e. The fourth-order valence-electron chi connectivity index (χ4n) is 4.96. The molecular formula is C29H28Cl2FN5O2S2. The number of hydrogen-bond acceptors (Lipinski definition) is 7. The first-order valence-electron chi connectivity index (χ1n) is 13.6. The molecule has 2 aliphatic rings. The first-order valence-corrected chi connectivity index (χ1v) is 16.6. The number of nitrogens with zero attached hydrogens (tertiary/aromatic N) is 4. The number of halogens is 3. The van der Waals surface area contributed by atoms with Crippen molar-refractivity contribution in [1.82, 2.24) is 15.0 Å². The summed E-state index contributed by atoms with van der Waals surface area (Å²) < 4.78 is 45.3. The second-order valence-corrected chi connectivity index (χ2v) is 13.9. The molecule has 6 rings (SSSR count). The molecule has 7 nitrogen and oxygen atoms in total. The highest BCUT2D eigenvalue weighted by atomic mass is 35.5. The van der Waals surface area contributed by atoms with Crippen molar-refractivity contribution in [3.8, 4) is 21.8 Å². The summed E-state index contributed by atoms with van der Waals surface area (Å²) >= 11 is 14.0. The van der Waals surface area contributed by atoms with E-state index >= 15 is 4.39 Å². The predicted molar refractivity (Wildman–Crippen MR) is 163 cm³/mol. The van der Waals surface area contributed by atoms with Gasteiger partial charge in [0, 0.05) is 31.3 Å². The lowest BCUT2D eigenvalue weighted by Crippen LogP contribution is -2.29. The molecule has 0 amide bonds. The number of anilines is 2. The first kappa shape index (κ1) is 28.3. The number of aromatic nitrogens is 3. The Kier molecular flexibility index (Phi) is 7.93. The molecule has 0 bridgehead atoms. The molecule has 214 valence electrons. The number of rotatable bonds is 8. The average molecular weight is 633 g/mol. The fraction of sp³-hybridized carbons (Fsp3) is 0.345. The van der Waals surface area contributed by atoms with Crippen molar-refractivity contribution in [1.29, 1.82) is 0 Å². The zero-order chi connectivity index (χ0) is 28.7. The number of benzene rings is 2. The van der Waals surface area contributed by atoms with Gasteiger partial charge in [-0.2, -0.15) is 0 Å². The van der Waals surface area contributed by atoms with Crippen molar-refractivity contribution in [2.45, 2.75) is 50.3 Å². The van der Waals surface area contributed by atoms with Gasteiger partial charge in [-0.3, -0.25) is 4.72 Å². The minimum atomic E-state index is -4.30. The second-order valence-electron chi connectivity index (χ2n) is 10.5. The van der Waals surface area contributed by atoms with E-state index in [1.165, 1.54) is 42.7 Å². The summed E-state index contributed by atoms with van der Waals surface area (Å²) in [6.45, 7) is 3.43. The van der Waals surface area contributed by atoms with Gasteiger partial charge in [-0.1, -0.05) is 46.7 Å². The van der Waals surface area contributed by atoms with Gasteiger partial charge in [0.1, 0.15) is 10.7 Å². The standard InChI is InChI=1S/C29H28Cl2FN5O2S2/c1-17-8-11-20(30)28(24(17)31)41(38,39)36-21-7-5-6-19(25(21)32)26-27(40-29(35-26)37-14-3-2-4-15-37)22-12-13-33-23(34-22)16-18-9-10-18/h5-8,11-13,18,36H,2-4,9-10,14-16H2,1H3. The third kappa shape index (κ3) is 5.93. The Labute approximate surface area is 252 Å². The zero-order valence-corrected chi connectivity index (χ0v) is 25.5. The van der Waals surface area contributed by atoms with Crippen molar-refractivity contribution < 1.29 is 12.8 Å². The molecule has 1 saturated heterocycles. The van der Waals surface area contributed by atoms with Crippen LogP contribution in [0, 0.1) is 18.7 Å². The number of thiazole rings is 1. The second kappa shape index (κ2) is 11.5. The molecule has 2 aromatic carbocycles. The van der Waals surface area contributed by atoms with Crippen molar-refractivity contribution >= 4 is 55.4 Å². The van der Waals surface area contributed by atoms with E-state index in [2.05, 4.69) is 14.6 Å². The fourth-order valence-corrected chi connectivity index (χ4v) is 8.31. The normalized spacial score (nSPS) is 15.8. The molecule has 12 heteroatoms. The van der Waals surface area contributed by atoms with Crippen LogP contribution < -0.4 is 9.62 Å². The highest BCUT2D eigenvalue weighted by Crippen LogP contribution is 2.43. The molecule has 1 saturated carbocycles. The summed E-state index contributed by atoms with van der Waals surface area (Å²) in [6, 6.07) is 9.46. The minimum Gasteiger partial charge on any atom is -0.348 e. The van der Waals surface area contributed by atoms with E-state index in [4.69, 9.17) is 33.2 Å². The van der Waals surface area contributed by atoms with Gasteiger partial charge in [0.25, 0.3) is 10.0 Å². The number of nitrogens with one attached hydrogen (secondary N) is 1. The smallest absolute Gasteiger partial charge is 0.264 e. The van der Waals surface area contributed by atoms with E-state index in [1.54, 1.807) is 31.3 Å². The number of piperidine rings is 1. The molecule has 0 spiro atoms. The monoisotopic (exact) mass is 631 g/mol. The Balaban J connectivity index is 1.42. The summed E-state index contributed by atoms with van der Waals surface area (Å²) in [5.74, 6) is 0.630. The molecule has 1 aliphatic carbocycles. The van der Waals surface area contributed by atoms with Crippen LogP contribution >= 0.6 is 34.5 Å². The Morgan fingerprint density at radius 1 is 1.07 bits per heavy atom. The molecule has 0 unspecified atom stereocenters. The minimum absolute atomic E-state index is 0.0136. The third-order valence-corrected chi connectivity index (χ3v) is 11.0. The van der Waals surface area contributed by atoms with Gasteiger partial charge in [0.05, 0.1) is 32.0 Å². The van der Waals surface area contributed by atoms with Crippen molar-refractivity contribution in [3.05, 3.63) is 69.8 Å². The summed E-state index contributed by atoms with van der Waals surface area (Å²) in [5.41, 5.74) is 1.57. The molecule has 3 heterocycles. The quantitative estimate of drug-likeness (QED) is 0.214. The van der Waals surface area contributed by atoms with Crippen LogP contribution in [0.2, 0.25) is 10.0 Å². The largest absolute Gasteiger partial charge is 0.348 e. The molecule has 2 fully saturated rings. The Bertz CT molecular complexity index is 1720. The van der Waals surface area contributed by atoms with E-state index in [9.17, 15) is 8.42 Å². The molecule has 41 heavy (non-hydrogen) atoms. The SMILES string of the molecule is Cc1ccc(Cl)c(S(=O)(=O)Nc2cccc(-c3nc(N4CCCCC4)sc3-c3ccnc(CC4CC4)n3)c2F)c1Cl. The van der Waals surface area contributed by atoms with E-state index < -0.39 is 15.8 Å². The lowest BCUT2D eigenvalue weighted by atomic mass is 10.1. The van der Waals surface area contributed by atoms with Crippen LogP contribution in [0.25, 0.3) is 21.8 Å². The van der Waals surface area contributed by atoms with Crippen LogP contribution in [0.15, 0.2) is 47.5 Å². The maximum absolute atomic E-state index is 16.2. The van der Waals surface area contributed by atoms with Crippen LogP contribution in [0.3, 0.4) is 0 Å². The number of aryl methyl sites for hydroxylation is 1. The lowest BCUT2D eigenvalue weighted by molar-refractivity contribution is 0.577. The molecule has 1 N–H and O–H groups in total. The number of sulfonamides is 1. The van der Waals surface area contributed by atoms with Gasteiger partial charge in [-0.15, -0.1) is 0 Å². The van der Waals surface area contributed by atoms with Gasteiger partial charge < -0.3 is 4.90 Å². The molecule has 2 aromatic heterocycles. The van der Waals surface area contributed by atoms with E-state index in [-0.39, 0.29) is 26.2 Å². The van der Waals surface area contributed by atoms with E-state index in [0.717, 1.165) is 43.3 Å². The highest BCUT2D eigenvalue weighted by molar-refractivity contribution is 7.93. The lowest BCUT2D eigenvalue weighted by Gasteiger charge is -2.25.